The van der Waals surface area contributed by atoms with E-state index in [4.69, 9.17) is 8.85 Å². The van der Waals surface area contributed by atoms with E-state index in [-0.39, 0.29) is 11.2 Å². The van der Waals surface area contributed by atoms with Crippen molar-refractivity contribution in [1.29, 1.82) is 0 Å². The third-order valence-corrected chi connectivity index (χ3v) is 9.80. The summed E-state index contributed by atoms with van der Waals surface area (Å²) in [5, 5.41) is 0. The van der Waals surface area contributed by atoms with Crippen LogP contribution in [0, 0.1) is 0 Å². The molecule has 2 nitrogen and oxygen atoms in total. The summed E-state index contributed by atoms with van der Waals surface area (Å²) >= 11 is 0. The van der Waals surface area contributed by atoms with Gasteiger partial charge in [-0.3, -0.25) is 0 Å². The van der Waals surface area contributed by atoms with Gasteiger partial charge in [-0.05, 0) is 50.6 Å². The lowest BCUT2D eigenvalue weighted by Crippen LogP contribution is -2.35. The molecule has 0 rings (SSSR count). The van der Waals surface area contributed by atoms with Gasteiger partial charge in [0.25, 0.3) is 0 Å². The Labute approximate surface area is 170 Å². The summed E-state index contributed by atoms with van der Waals surface area (Å²) in [5.41, 5.74) is 0.423. The molecule has 0 radical (unpaired) electrons. The molecule has 0 aromatic carbocycles. The highest BCUT2D eigenvalue weighted by Crippen LogP contribution is 2.31. The Morgan fingerprint density at radius 3 is 0.885 bits per heavy atom. The molecule has 0 bridgehead atoms. The Bertz CT molecular complexity index is 246. The summed E-state index contributed by atoms with van der Waals surface area (Å²) in [6, 6.07) is 2.65. The fourth-order valence-electron chi connectivity index (χ4n) is 4.70. The molecule has 0 aromatic heterocycles. The van der Waals surface area contributed by atoms with Crippen molar-refractivity contribution in [2.24, 2.45) is 0 Å². The Balaban J connectivity index is 4.35. The van der Waals surface area contributed by atoms with Gasteiger partial charge in [0.1, 0.15) is 0 Å². The van der Waals surface area contributed by atoms with E-state index in [2.05, 4.69) is 41.5 Å². The summed E-state index contributed by atoms with van der Waals surface area (Å²) in [7, 11) is -0.795. The van der Waals surface area contributed by atoms with Crippen LogP contribution in [0.15, 0.2) is 0 Å². The first kappa shape index (κ1) is 26.4. The van der Waals surface area contributed by atoms with Crippen LogP contribution >= 0.6 is 0 Å². The Morgan fingerprint density at radius 2 is 0.692 bits per heavy atom. The SMILES string of the molecule is CCCC(CCC)(CCC)O[SiH2]CC[SiH2]OC(CCC)(CCC)CCC. The van der Waals surface area contributed by atoms with E-state index in [1.165, 1.54) is 89.1 Å². The van der Waals surface area contributed by atoms with E-state index in [9.17, 15) is 0 Å². The topological polar surface area (TPSA) is 18.5 Å². The van der Waals surface area contributed by atoms with E-state index in [0.717, 1.165) is 0 Å². The summed E-state index contributed by atoms with van der Waals surface area (Å²) in [5.74, 6) is 0. The lowest BCUT2D eigenvalue weighted by molar-refractivity contribution is 0.0398. The zero-order chi connectivity index (χ0) is 19.7. The number of rotatable bonds is 19. The Morgan fingerprint density at radius 1 is 0.462 bits per heavy atom. The van der Waals surface area contributed by atoms with Gasteiger partial charge >= 0.3 is 0 Å². The highest BCUT2D eigenvalue weighted by atomic mass is 28.2. The van der Waals surface area contributed by atoms with Gasteiger partial charge < -0.3 is 8.85 Å². The quantitative estimate of drug-likeness (QED) is 0.186. The Hall–Kier alpha value is 0.354. The van der Waals surface area contributed by atoms with Crippen LogP contribution in [0.25, 0.3) is 0 Å². The number of hydrogen-bond donors (Lipinski definition) is 0. The average molecular weight is 403 g/mol. The lowest BCUT2D eigenvalue weighted by atomic mass is 9.88. The van der Waals surface area contributed by atoms with Crippen molar-refractivity contribution in [2.75, 3.05) is 0 Å². The molecule has 0 aromatic rings. The molecule has 0 unspecified atom stereocenters. The summed E-state index contributed by atoms with van der Waals surface area (Å²) < 4.78 is 13.3. The minimum absolute atomic E-state index is 0.212. The molecule has 0 saturated carbocycles. The molecular weight excluding hydrogens is 352 g/mol. The molecule has 0 fully saturated rings. The maximum absolute atomic E-state index is 6.63. The molecule has 0 aliphatic heterocycles. The molecule has 158 valence electrons. The second kappa shape index (κ2) is 16.3. The Kier molecular flexibility index (Phi) is 16.5. The largest absolute Gasteiger partial charge is 0.419 e. The molecular formula is C22H50O2Si2. The first-order valence-electron chi connectivity index (χ1n) is 11.8. The zero-order valence-corrected chi connectivity index (χ0v) is 22.0. The van der Waals surface area contributed by atoms with E-state index < -0.39 is 19.5 Å². The lowest BCUT2D eigenvalue weighted by Gasteiger charge is -2.35. The fourth-order valence-corrected chi connectivity index (χ4v) is 8.35. The van der Waals surface area contributed by atoms with Crippen LogP contribution in [-0.4, -0.2) is 30.7 Å². The van der Waals surface area contributed by atoms with E-state index >= 15 is 0 Å². The maximum Gasteiger partial charge on any atom is 0.162 e. The molecule has 0 amide bonds. The normalized spacial score (nSPS) is 13.6. The van der Waals surface area contributed by atoms with Crippen LogP contribution in [0.4, 0.5) is 0 Å². The molecule has 0 saturated heterocycles. The predicted octanol–water partition coefficient (Wildman–Crippen LogP) is 6.30. The first-order chi connectivity index (χ1) is 12.6. The average Bonchev–Trinajstić information content (AvgIpc) is 2.59. The van der Waals surface area contributed by atoms with Crippen molar-refractivity contribution in [2.45, 2.75) is 142 Å². The van der Waals surface area contributed by atoms with Gasteiger partial charge in [0.15, 0.2) is 19.5 Å². The second-order valence-corrected chi connectivity index (χ2v) is 11.1. The molecule has 0 aliphatic rings. The van der Waals surface area contributed by atoms with Gasteiger partial charge in [-0.2, -0.15) is 0 Å². The molecule has 0 heterocycles. The van der Waals surface area contributed by atoms with Crippen LogP contribution in [0.2, 0.25) is 12.1 Å². The van der Waals surface area contributed by atoms with E-state index in [0.29, 0.717) is 0 Å². The van der Waals surface area contributed by atoms with Crippen molar-refractivity contribution >= 4 is 19.5 Å². The van der Waals surface area contributed by atoms with Crippen LogP contribution in [0.3, 0.4) is 0 Å². The number of hydrogen-bond acceptors (Lipinski definition) is 2. The molecule has 0 atom stereocenters. The predicted molar refractivity (Wildman–Crippen MR) is 124 cm³/mol. The van der Waals surface area contributed by atoms with Gasteiger partial charge in [-0.25, -0.2) is 0 Å². The summed E-state index contributed by atoms with van der Waals surface area (Å²) in [6.45, 7) is 13.8. The molecule has 0 N–H and O–H groups in total. The van der Waals surface area contributed by atoms with E-state index in [1.807, 2.05) is 0 Å². The van der Waals surface area contributed by atoms with E-state index in [1.54, 1.807) is 0 Å². The highest BCUT2D eigenvalue weighted by Gasteiger charge is 2.28. The molecule has 26 heavy (non-hydrogen) atoms. The van der Waals surface area contributed by atoms with Crippen molar-refractivity contribution in [3.05, 3.63) is 0 Å². The van der Waals surface area contributed by atoms with Gasteiger partial charge in [0.2, 0.25) is 0 Å². The van der Waals surface area contributed by atoms with Gasteiger partial charge in [0.05, 0.1) is 11.2 Å². The van der Waals surface area contributed by atoms with Gasteiger partial charge in [-0.15, -0.1) is 0 Å². The van der Waals surface area contributed by atoms with Crippen LogP contribution < -0.4 is 0 Å². The summed E-state index contributed by atoms with van der Waals surface area (Å²) in [4.78, 5) is 0. The van der Waals surface area contributed by atoms with Crippen molar-refractivity contribution in [1.82, 2.24) is 0 Å². The molecule has 4 heteroatoms. The second-order valence-electron chi connectivity index (χ2n) is 8.27. The standard InChI is InChI=1S/C22H50O2Si2/c1-7-13-21(14-8-2,15-9-3)23-25-19-20-26-24-22(16-10-4,17-11-5)18-12-6/h7-20,25-26H2,1-6H3. The van der Waals surface area contributed by atoms with Crippen LogP contribution in [0.1, 0.15) is 119 Å². The monoisotopic (exact) mass is 402 g/mol. The first-order valence-corrected chi connectivity index (χ1v) is 15.0. The van der Waals surface area contributed by atoms with Gasteiger partial charge in [-0.1, -0.05) is 80.1 Å². The van der Waals surface area contributed by atoms with Crippen LogP contribution in [0.5, 0.6) is 0 Å². The minimum Gasteiger partial charge on any atom is -0.419 e. The van der Waals surface area contributed by atoms with Gasteiger partial charge in [0, 0.05) is 0 Å². The van der Waals surface area contributed by atoms with Crippen LogP contribution in [-0.2, 0) is 8.85 Å². The van der Waals surface area contributed by atoms with Crippen molar-refractivity contribution in [3.63, 3.8) is 0 Å². The van der Waals surface area contributed by atoms with Crippen molar-refractivity contribution in [3.8, 4) is 0 Å². The fraction of sp³-hybridized carbons (Fsp3) is 1.00. The van der Waals surface area contributed by atoms with Crippen molar-refractivity contribution < 1.29 is 8.85 Å². The highest BCUT2D eigenvalue weighted by molar-refractivity contribution is 6.34. The third-order valence-electron chi connectivity index (χ3n) is 5.59. The molecule has 0 spiro atoms. The zero-order valence-electron chi connectivity index (χ0n) is 19.1. The smallest absolute Gasteiger partial charge is 0.162 e. The molecule has 0 aliphatic carbocycles. The maximum atomic E-state index is 6.63. The third kappa shape index (κ3) is 10.6. The minimum atomic E-state index is -0.398. The summed E-state index contributed by atoms with van der Waals surface area (Å²) in [6.07, 6.45) is 15.0.